The van der Waals surface area contributed by atoms with Crippen molar-refractivity contribution in [3.05, 3.63) is 88.5 Å². The van der Waals surface area contributed by atoms with Gasteiger partial charge < -0.3 is 19.4 Å². The minimum atomic E-state index is -0.912. The predicted octanol–water partition coefficient (Wildman–Crippen LogP) is 7.44. The molecule has 2 aromatic heterocycles. The highest BCUT2D eigenvalue weighted by atomic mass is 32.2. The number of benzene rings is 3. The van der Waals surface area contributed by atoms with Gasteiger partial charge in [-0.3, -0.25) is 4.68 Å². The third-order valence-corrected chi connectivity index (χ3v) is 11.8. The van der Waals surface area contributed by atoms with Crippen LogP contribution in [-0.2, 0) is 26.3 Å². The number of hydrogen-bond acceptors (Lipinski definition) is 7. The summed E-state index contributed by atoms with van der Waals surface area (Å²) < 4.78 is 10.4. The Bertz CT molecular complexity index is 2060. The van der Waals surface area contributed by atoms with E-state index in [2.05, 4.69) is 86.5 Å². The molecule has 0 amide bonds. The minimum absolute atomic E-state index is 0.279. The smallest absolute Gasteiger partial charge is 0.352 e. The minimum Gasteiger partial charge on any atom is -0.493 e. The molecule has 1 unspecified atom stereocenters. The van der Waals surface area contributed by atoms with Crippen LogP contribution in [0, 0.1) is 13.8 Å². The first kappa shape index (κ1) is 31.7. The summed E-state index contributed by atoms with van der Waals surface area (Å²) in [4.78, 5) is 14.0. The maximum absolute atomic E-state index is 12.8. The van der Waals surface area contributed by atoms with Gasteiger partial charge in [0, 0.05) is 77.9 Å². The first-order valence-corrected chi connectivity index (χ1v) is 18.2. The van der Waals surface area contributed by atoms with Crippen LogP contribution < -0.4 is 4.74 Å². The highest BCUT2D eigenvalue weighted by molar-refractivity contribution is 7.99. The standard InChI is InChI=1S/C37H41N5O3S2/c1-22-13-14-30-29-12-9-15-45-32-18-27(16-24-10-7-8-11-28(24)32)47-20-26-17-25(41(5)42(26)6)19-46-21-31-34(23(2)38-40(31)4)33(22)35(30)39(3)36(29)37(43)44/h7-8,10-11,13-14,16-18,25H,9,12,15,19-21H2,1-6H3,(H,43,44). The molecule has 0 saturated heterocycles. The maximum Gasteiger partial charge on any atom is 0.352 e. The second-order valence-electron chi connectivity index (χ2n) is 12.6. The Labute approximate surface area is 284 Å². The average molecular weight is 668 g/mol. The van der Waals surface area contributed by atoms with Gasteiger partial charge in [0.15, 0.2) is 0 Å². The summed E-state index contributed by atoms with van der Waals surface area (Å²) in [5.74, 6) is 2.56. The van der Waals surface area contributed by atoms with E-state index in [1.54, 1.807) is 0 Å². The van der Waals surface area contributed by atoms with E-state index in [0.29, 0.717) is 25.1 Å². The van der Waals surface area contributed by atoms with E-state index < -0.39 is 5.97 Å². The van der Waals surface area contributed by atoms with E-state index in [0.717, 1.165) is 78.3 Å². The number of fused-ring (bicyclic) bond motifs is 7. The molecule has 244 valence electrons. The van der Waals surface area contributed by atoms with Gasteiger partial charge in [-0.15, -0.1) is 11.8 Å². The number of ether oxygens (including phenoxy) is 1. The molecule has 4 heterocycles. The maximum atomic E-state index is 12.8. The van der Waals surface area contributed by atoms with Gasteiger partial charge >= 0.3 is 5.97 Å². The number of hydrogen-bond donors (Lipinski definition) is 1. The first-order chi connectivity index (χ1) is 22.6. The lowest BCUT2D eigenvalue weighted by molar-refractivity contribution is 0.0685. The van der Waals surface area contributed by atoms with E-state index in [4.69, 9.17) is 9.84 Å². The van der Waals surface area contributed by atoms with Gasteiger partial charge in [0.2, 0.25) is 0 Å². The lowest BCUT2D eigenvalue weighted by atomic mass is 9.94. The summed E-state index contributed by atoms with van der Waals surface area (Å²) in [6.07, 6.45) is 3.69. The number of nitrogens with zero attached hydrogens (tertiary/aromatic N) is 5. The van der Waals surface area contributed by atoms with Crippen LogP contribution in [0.2, 0.25) is 0 Å². The van der Waals surface area contributed by atoms with Crippen molar-refractivity contribution in [2.24, 2.45) is 14.1 Å². The van der Waals surface area contributed by atoms with Crippen molar-refractivity contribution in [3.8, 4) is 16.9 Å². The normalized spacial score (nSPS) is 17.9. The number of carbonyl (C=O) groups is 1. The topological polar surface area (TPSA) is 75.8 Å². The first-order valence-electron chi connectivity index (χ1n) is 16.0. The molecule has 0 aliphatic carbocycles. The summed E-state index contributed by atoms with van der Waals surface area (Å²) >= 11 is 3.74. The van der Waals surface area contributed by atoms with Crippen LogP contribution in [0.15, 0.2) is 65.2 Å². The van der Waals surface area contributed by atoms with Crippen molar-refractivity contribution in [2.45, 2.75) is 43.4 Å². The number of rotatable bonds is 1. The number of hydrazine groups is 1. The van der Waals surface area contributed by atoms with E-state index in [-0.39, 0.29) is 6.04 Å². The van der Waals surface area contributed by atoms with E-state index in [1.807, 2.05) is 52.9 Å². The van der Waals surface area contributed by atoms with Crippen LogP contribution in [0.3, 0.4) is 0 Å². The molecule has 47 heavy (non-hydrogen) atoms. The molecule has 2 aliphatic heterocycles. The molecule has 7 rings (SSSR count). The molecule has 3 aromatic carbocycles. The van der Waals surface area contributed by atoms with Gasteiger partial charge in [-0.2, -0.15) is 16.9 Å². The van der Waals surface area contributed by atoms with Crippen LogP contribution in [0.25, 0.3) is 32.8 Å². The summed E-state index contributed by atoms with van der Waals surface area (Å²) in [5, 5.41) is 23.2. The molecule has 0 fully saturated rings. The van der Waals surface area contributed by atoms with E-state index >= 15 is 0 Å². The Morgan fingerprint density at radius 1 is 1.00 bits per heavy atom. The largest absolute Gasteiger partial charge is 0.493 e. The molecule has 8 nitrogen and oxygen atoms in total. The van der Waals surface area contributed by atoms with Crippen LogP contribution >= 0.6 is 23.5 Å². The molecular weight excluding hydrogens is 627 g/mol. The molecular formula is C37H41N5O3S2. The Hall–Kier alpha value is -3.86. The molecule has 2 aliphatic rings. The molecule has 1 N–H and O–H groups in total. The zero-order chi connectivity index (χ0) is 33.0. The van der Waals surface area contributed by atoms with Gasteiger partial charge in [0.25, 0.3) is 0 Å². The summed E-state index contributed by atoms with van der Waals surface area (Å²) in [6, 6.07) is 17.3. The van der Waals surface area contributed by atoms with Crippen LogP contribution in [-0.4, -0.2) is 73.7 Å². The Morgan fingerprint density at radius 3 is 2.62 bits per heavy atom. The number of aromatic carboxylic acids is 1. The molecule has 5 aromatic rings. The Morgan fingerprint density at radius 2 is 1.81 bits per heavy atom. The van der Waals surface area contributed by atoms with Gasteiger partial charge in [-0.05, 0) is 61.4 Å². The predicted molar refractivity (Wildman–Crippen MR) is 194 cm³/mol. The molecule has 1 atom stereocenters. The number of carboxylic acids is 1. The average Bonchev–Trinajstić information content (AvgIpc) is 3.60. The van der Waals surface area contributed by atoms with Crippen molar-refractivity contribution in [1.29, 1.82) is 0 Å². The molecule has 0 saturated carbocycles. The fraction of sp³-hybridized carbons (Fsp3) is 0.351. The third kappa shape index (κ3) is 5.60. The highest BCUT2D eigenvalue weighted by Crippen LogP contribution is 2.41. The van der Waals surface area contributed by atoms with E-state index in [9.17, 15) is 9.90 Å². The van der Waals surface area contributed by atoms with Crippen LogP contribution in [0.4, 0.5) is 0 Å². The van der Waals surface area contributed by atoms with Gasteiger partial charge in [0.05, 0.1) is 29.6 Å². The third-order valence-electron chi connectivity index (χ3n) is 9.76. The number of thioether (sulfide) groups is 2. The quantitative estimate of drug-likeness (QED) is 0.198. The SMILES string of the molecule is Cc1ccc2c3c(C(=O)O)n(C)c2c1-c1c(C)nn(C)c1CSCC1C=C(CSc2cc(c4ccccc4c2)OCCC3)N(C)N1C. The van der Waals surface area contributed by atoms with Crippen molar-refractivity contribution in [2.75, 3.05) is 32.2 Å². The highest BCUT2D eigenvalue weighted by Gasteiger charge is 2.29. The van der Waals surface area contributed by atoms with Crippen LogP contribution in [0.1, 0.15) is 39.4 Å². The van der Waals surface area contributed by atoms with Crippen molar-refractivity contribution in [1.82, 2.24) is 24.4 Å². The summed E-state index contributed by atoms with van der Waals surface area (Å²) in [5.41, 5.74) is 8.85. The second kappa shape index (κ2) is 12.6. The van der Waals surface area contributed by atoms with Crippen molar-refractivity contribution >= 4 is 51.2 Å². The van der Waals surface area contributed by atoms with Gasteiger partial charge in [0.1, 0.15) is 11.4 Å². The molecule has 8 bridgehead atoms. The lowest BCUT2D eigenvalue weighted by Gasteiger charge is -2.29. The zero-order valence-electron chi connectivity index (χ0n) is 27.8. The van der Waals surface area contributed by atoms with Crippen molar-refractivity contribution < 1.29 is 14.6 Å². The lowest BCUT2D eigenvalue weighted by Crippen LogP contribution is -2.38. The number of aromatic nitrogens is 3. The van der Waals surface area contributed by atoms with Crippen molar-refractivity contribution in [3.63, 3.8) is 0 Å². The Balaban J connectivity index is 1.35. The number of aryl methyl sites for hydroxylation is 5. The fourth-order valence-corrected chi connectivity index (χ4v) is 9.43. The summed E-state index contributed by atoms with van der Waals surface area (Å²) in [6.45, 7) is 4.66. The monoisotopic (exact) mass is 667 g/mol. The fourth-order valence-electron chi connectivity index (χ4n) is 7.24. The van der Waals surface area contributed by atoms with E-state index in [1.165, 1.54) is 10.6 Å². The second-order valence-corrected chi connectivity index (χ2v) is 14.7. The number of likely N-dealkylation sites (N-methyl/N-ethyl adjacent to an activating group) is 1. The van der Waals surface area contributed by atoms with Gasteiger partial charge in [-0.25, -0.2) is 9.80 Å². The summed E-state index contributed by atoms with van der Waals surface area (Å²) in [7, 11) is 8.22. The Kier molecular flexibility index (Phi) is 8.53. The zero-order valence-corrected chi connectivity index (χ0v) is 29.5. The molecule has 0 spiro atoms. The van der Waals surface area contributed by atoms with Gasteiger partial charge in [-0.1, -0.05) is 36.4 Å². The molecule has 0 radical (unpaired) electrons. The van der Waals surface area contributed by atoms with Crippen LogP contribution in [0.5, 0.6) is 5.75 Å². The molecule has 10 heteroatoms. The number of carboxylic acid groups (broad SMARTS) is 1.